The summed E-state index contributed by atoms with van der Waals surface area (Å²) in [6.45, 7) is 8.41. The molecular weight excluding hydrogens is 586 g/mol. The van der Waals surface area contributed by atoms with Crippen LogP contribution in [0.15, 0.2) is 41.3 Å². The summed E-state index contributed by atoms with van der Waals surface area (Å²) in [4.78, 5) is 59.8. The second-order valence-electron chi connectivity index (χ2n) is 11.5. The lowest BCUT2D eigenvalue weighted by atomic mass is 9.90. The van der Waals surface area contributed by atoms with E-state index in [1.54, 1.807) is 35.9 Å². The van der Waals surface area contributed by atoms with E-state index in [0.29, 0.717) is 44.0 Å². The van der Waals surface area contributed by atoms with Gasteiger partial charge in [-0.2, -0.15) is 4.98 Å². The summed E-state index contributed by atoms with van der Waals surface area (Å²) in [7, 11) is 0. The summed E-state index contributed by atoms with van der Waals surface area (Å²) in [5.74, 6) is -0.478. The van der Waals surface area contributed by atoms with E-state index in [4.69, 9.17) is 11.5 Å². The predicted molar refractivity (Wildman–Crippen MR) is 172 cm³/mol. The van der Waals surface area contributed by atoms with Crippen LogP contribution in [0.4, 0.5) is 10.6 Å². The van der Waals surface area contributed by atoms with Gasteiger partial charge in [-0.25, -0.2) is 9.59 Å². The molecule has 0 spiro atoms. The van der Waals surface area contributed by atoms with Crippen molar-refractivity contribution >= 4 is 36.1 Å². The van der Waals surface area contributed by atoms with Gasteiger partial charge in [0.25, 0.3) is 0 Å². The van der Waals surface area contributed by atoms with Crippen molar-refractivity contribution in [2.75, 3.05) is 38.0 Å². The molecule has 1 saturated heterocycles. The average Bonchev–Trinajstić information content (AvgIpc) is 3.00. The third-order valence-corrected chi connectivity index (χ3v) is 8.32. The van der Waals surface area contributed by atoms with Crippen LogP contribution in [0.5, 0.6) is 0 Å². The molecule has 4 amide bonds. The van der Waals surface area contributed by atoms with E-state index in [9.17, 15) is 19.2 Å². The Bertz CT molecular complexity index is 1320. The van der Waals surface area contributed by atoms with Gasteiger partial charge >= 0.3 is 11.7 Å². The molecule has 44 heavy (non-hydrogen) atoms. The molecule has 1 saturated carbocycles. The van der Waals surface area contributed by atoms with Crippen molar-refractivity contribution in [2.24, 2.45) is 11.5 Å². The maximum absolute atomic E-state index is 12.8. The van der Waals surface area contributed by atoms with Crippen LogP contribution in [0.3, 0.4) is 0 Å². The fraction of sp³-hybridized carbons (Fsp3) is 0.567. The molecular formula is C30H46ClN9O4. The highest BCUT2D eigenvalue weighted by Crippen LogP contribution is 2.24. The predicted octanol–water partition coefficient (Wildman–Crippen LogP) is 1.27. The van der Waals surface area contributed by atoms with E-state index < -0.39 is 29.7 Å². The fourth-order valence-corrected chi connectivity index (χ4v) is 5.63. The van der Waals surface area contributed by atoms with Gasteiger partial charge in [-0.05, 0) is 69.8 Å². The Kier molecular flexibility index (Phi) is 12.7. The maximum atomic E-state index is 12.8. The van der Waals surface area contributed by atoms with Crippen LogP contribution in [0.2, 0.25) is 0 Å². The third kappa shape index (κ3) is 9.00. The number of halogens is 1. The van der Waals surface area contributed by atoms with Crippen molar-refractivity contribution in [1.29, 1.82) is 0 Å². The van der Waals surface area contributed by atoms with Crippen molar-refractivity contribution in [2.45, 2.75) is 77.2 Å². The normalized spacial score (nSPS) is 20.0. The molecule has 6 N–H and O–H groups in total. The average molecular weight is 632 g/mol. The van der Waals surface area contributed by atoms with Crippen molar-refractivity contribution in [1.82, 2.24) is 29.6 Å². The molecule has 14 heteroatoms. The number of benzene rings is 1. The third-order valence-electron chi connectivity index (χ3n) is 8.32. The number of urea groups is 1. The monoisotopic (exact) mass is 631 g/mol. The number of aromatic nitrogens is 2. The molecule has 242 valence electrons. The fourth-order valence-electron chi connectivity index (χ4n) is 5.63. The number of carbonyl (C=O) groups excluding carboxylic acids is 3. The highest BCUT2D eigenvalue weighted by Gasteiger charge is 2.28. The molecule has 2 heterocycles. The summed E-state index contributed by atoms with van der Waals surface area (Å²) in [6.07, 6.45) is 5.99. The van der Waals surface area contributed by atoms with Crippen molar-refractivity contribution in [3.05, 3.63) is 52.6 Å². The first kappa shape index (κ1) is 35.0. The van der Waals surface area contributed by atoms with Gasteiger partial charge in [-0.15, -0.1) is 12.4 Å². The zero-order valence-corrected chi connectivity index (χ0v) is 26.6. The van der Waals surface area contributed by atoms with Gasteiger partial charge in [0.1, 0.15) is 11.9 Å². The molecule has 1 aliphatic carbocycles. The van der Waals surface area contributed by atoms with Crippen LogP contribution in [0.25, 0.3) is 5.69 Å². The Labute approximate surface area is 264 Å². The molecule has 0 bridgehead atoms. The van der Waals surface area contributed by atoms with E-state index in [2.05, 4.69) is 27.4 Å². The summed E-state index contributed by atoms with van der Waals surface area (Å²) in [5.41, 5.74) is 13.0. The quantitative estimate of drug-likeness (QED) is 0.320. The minimum Gasteiger partial charge on any atom is -0.343 e. The molecule has 1 aromatic heterocycles. The Morgan fingerprint density at radius 2 is 1.61 bits per heavy atom. The van der Waals surface area contributed by atoms with Gasteiger partial charge in [-0.3, -0.25) is 24.4 Å². The molecule has 2 atom stereocenters. The highest BCUT2D eigenvalue weighted by atomic mass is 35.5. The Morgan fingerprint density at radius 1 is 1.00 bits per heavy atom. The standard InChI is InChI=1S/C30H45N9O4.ClH/c1-4-36(24-11-7-23(32)8-12-24)19-22-5-9-25(10-6-22)39-14-13-26(35-30(39)43)34-29(42)38-17-15-37(16-18-38)28(41)21(3)33-27(40)20(2)31;/h5-6,9-10,13-14,20-21,23-24H,4,7-8,11-12,15-19,31-32H2,1-3H3,(H,33,40)(H,34,35,42,43);1H/t20-,21-,23-,24-;/m1./s1. The molecule has 13 nitrogen and oxygen atoms in total. The summed E-state index contributed by atoms with van der Waals surface area (Å²) in [5, 5.41) is 5.28. The smallest absolute Gasteiger partial charge is 0.343 e. The van der Waals surface area contributed by atoms with Gasteiger partial charge in [0, 0.05) is 51.0 Å². The second kappa shape index (κ2) is 16.0. The van der Waals surface area contributed by atoms with Gasteiger partial charge < -0.3 is 26.6 Å². The Hall–Kier alpha value is -3.52. The molecule has 4 rings (SSSR count). The minimum atomic E-state index is -0.710. The first-order chi connectivity index (χ1) is 20.5. The van der Waals surface area contributed by atoms with Crippen molar-refractivity contribution in [3.63, 3.8) is 0 Å². The van der Waals surface area contributed by atoms with Gasteiger partial charge in [0.05, 0.1) is 11.7 Å². The number of carbonyl (C=O) groups is 3. The summed E-state index contributed by atoms with van der Waals surface area (Å²) in [6, 6.07) is 8.52. The van der Waals surface area contributed by atoms with Crippen LogP contribution in [0.1, 0.15) is 52.0 Å². The summed E-state index contributed by atoms with van der Waals surface area (Å²) < 4.78 is 1.44. The number of nitrogens with two attached hydrogens (primary N) is 2. The lowest BCUT2D eigenvalue weighted by molar-refractivity contribution is -0.137. The molecule has 1 aromatic carbocycles. The molecule has 0 radical (unpaired) electrons. The second-order valence-corrected chi connectivity index (χ2v) is 11.5. The van der Waals surface area contributed by atoms with Gasteiger partial charge in [0.2, 0.25) is 11.8 Å². The lowest BCUT2D eigenvalue weighted by Crippen LogP contribution is -2.56. The highest BCUT2D eigenvalue weighted by molar-refractivity contribution is 5.90. The summed E-state index contributed by atoms with van der Waals surface area (Å²) >= 11 is 0. The minimum absolute atomic E-state index is 0. The molecule has 2 aliphatic rings. The number of anilines is 1. The van der Waals surface area contributed by atoms with Crippen LogP contribution < -0.4 is 27.8 Å². The van der Waals surface area contributed by atoms with Crippen molar-refractivity contribution < 1.29 is 14.4 Å². The van der Waals surface area contributed by atoms with E-state index >= 15 is 0 Å². The SMILES string of the molecule is CCN(Cc1ccc(-n2ccc(NC(=O)N3CCN(C(=O)[C@@H](C)NC(=O)[C@@H](C)N)CC3)nc2=O)cc1)[C@H]1CC[C@H](N)CC1.Cl. The Balaban J connectivity index is 0.00000529. The maximum Gasteiger partial charge on any atom is 0.354 e. The van der Waals surface area contributed by atoms with Crippen LogP contribution in [-0.2, 0) is 16.1 Å². The van der Waals surface area contributed by atoms with E-state index in [-0.39, 0.29) is 24.1 Å². The largest absolute Gasteiger partial charge is 0.354 e. The van der Waals surface area contributed by atoms with Crippen LogP contribution in [-0.4, -0.2) is 99.0 Å². The number of nitrogens with zero attached hydrogens (tertiary/aromatic N) is 5. The number of nitrogens with one attached hydrogen (secondary N) is 2. The van der Waals surface area contributed by atoms with Crippen LogP contribution in [0, 0.1) is 0 Å². The molecule has 2 aromatic rings. The first-order valence-electron chi connectivity index (χ1n) is 15.1. The topological polar surface area (TPSA) is 172 Å². The number of hydrogen-bond donors (Lipinski definition) is 4. The lowest BCUT2D eigenvalue weighted by Gasteiger charge is -2.36. The molecule has 2 fully saturated rings. The first-order valence-corrected chi connectivity index (χ1v) is 15.1. The zero-order valence-electron chi connectivity index (χ0n) is 25.8. The molecule has 1 aliphatic heterocycles. The number of rotatable bonds is 9. The van der Waals surface area contributed by atoms with Gasteiger partial charge in [-0.1, -0.05) is 19.1 Å². The number of piperazine rings is 1. The van der Waals surface area contributed by atoms with Crippen LogP contribution >= 0.6 is 12.4 Å². The van der Waals surface area contributed by atoms with E-state index in [0.717, 1.165) is 38.8 Å². The molecule has 0 unspecified atom stereocenters. The number of hydrogen-bond acceptors (Lipinski definition) is 8. The van der Waals surface area contributed by atoms with Gasteiger partial charge in [0.15, 0.2) is 0 Å². The Morgan fingerprint density at radius 3 is 2.18 bits per heavy atom. The number of amides is 4. The van der Waals surface area contributed by atoms with E-state index in [1.165, 1.54) is 10.1 Å². The zero-order chi connectivity index (χ0) is 31.1. The van der Waals surface area contributed by atoms with E-state index in [1.807, 2.05) is 24.3 Å². The van der Waals surface area contributed by atoms with Crippen molar-refractivity contribution in [3.8, 4) is 5.69 Å².